The van der Waals surface area contributed by atoms with Crippen molar-refractivity contribution in [2.75, 3.05) is 31.8 Å². The van der Waals surface area contributed by atoms with Crippen LogP contribution in [0.1, 0.15) is 19.3 Å². The molecule has 0 aromatic rings. The monoisotopic (exact) mass is 274 g/mol. The van der Waals surface area contributed by atoms with E-state index in [1.165, 1.54) is 24.3 Å². The van der Waals surface area contributed by atoms with E-state index < -0.39 is 0 Å². The third-order valence-corrected chi connectivity index (χ3v) is 5.15. The first kappa shape index (κ1) is 13.2. The van der Waals surface area contributed by atoms with E-state index in [0.29, 0.717) is 6.61 Å². The summed E-state index contributed by atoms with van der Waals surface area (Å²) in [4.78, 5) is 0. The lowest BCUT2D eigenvalue weighted by atomic mass is 10.0. The smallest absolute Gasteiger partial charge is 0.184 e. The lowest BCUT2D eigenvalue weighted by Gasteiger charge is -2.33. The standard InChI is InChI=1S/C13H22O4S/c1-14-11-6-10(12-8-16-13(11)17-12)15-7-9-2-4-18-5-3-9/h9-13H,2-8H2,1H3/t10-,11+,12+,13+/m0/s1. The number of methoxy groups -OCH3 is 1. The third kappa shape index (κ3) is 2.85. The molecule has 0 unspecified atom stereocenters. The van der Waals surface area contributed by atoms with Gasteiger partial charge in [-0.1, -0.05) is 0 Å². The molecule has 104 valence electrons. The lowest BCUT2D eigenvalue weighted by molar-refractivity contribution is -0.200. The molecule has 0 radical (unpaired) electrons. The van der Waals surface area contributed by atoms with Crippen LogP contribution in [-0.4, -0.2) is 56.4 Å². The Bertz CT molecular complexity index is 270. The zero-order valence-corrected chi connectivity index (χ0v) is 11.7. The van der Waals surface area contributed by atoms with Gasteiger partial charge in [0.2, 0.25) is 0 Å². The predicted molar refractivity (Wildman–Crippen MR) is 69.8 cm³/mol. The van der Waals surface area contributed by atoms with Gasteiger partial charge in [-0.05, 0) is 30.3 Å². The summed E-state index contributed by atoms with van der Waals surface area (Å²) in [5.41, 5.74) is 0. The van der Waals surface area contributed by atoms with E-state index in [9.17, 15) is 0 Å². The van der Waals surface area contributed by atoms with Crippen LogP contribution < -0.4 is 0 Å². The minimum atomic E-state index is -0.175. The van der Waals surface area contributed by atoms with Gasteiger partial charge in [0.15, 0.2) is 6.29 Å². The molecule has 0 aromatic carbocycles. The summed E-state index contributed by atoms with van der Waals surface area (Å²) in [6, 6.07) is 0. The summed E-state index contributed by atoms with van der Waals surface area (Å²) in [5.74, 6) is 3.29. The number of hydrogen-bond donors (Lipinski definition) is 0. The van der Waals surface area contributed by atoms with Crippen molar-refractivity contribution in [3.63, 3.8) is 0 Å². The van der Waals surface area contributed by atoms with Crippen LogP contribution in [0, 0.1) is 5.92 Å². The molecule has 0 saturated carbocycles. The molecule has 0 aromatic heterocycles. The van der Waals surface area contributed by atoms with E-state index in [0.717, 1.165) is 18.9 Å². The highest BCUT2D eigenvalue weighted by molar-refractivity contribution is 7.99. The van der Waals surface area contributed by atoms with Crippen LogP contribution in [0.2, 0.25) is 0 Å². The summed E-state index contributed by atoms with van der Waals surface area (Å²) < 4.78 is 22.8. The van der Waals surface area contributed by atoms with Crippen molar-refractivity contribution in [1.82, 2.24) is 0 Å². The van der Waals surface area contributed by atoms with Crippen molar-refractivity contribution < 1.29 is 18.9 Å². The molecule has 0 spiro atoms. The maximum atomic E-state index is 6.09. The second-order valence-electron chi connectivity index (χ2n) is 5.31. The molecule has 0 amide bonds. The Kier molecular flexibility index (Phi) is 4.46. The summed E-state index contributed by atoms with van der Waals surface area (Å²) in [6.45, 7) is 1.52. The molecule has 3 aliphatic heterocycles. The van der Waals surface area contributed by atoms with Crippen molar-refractivity contribution in [2.45, 2.75) is 43.9 Å². The molecule has 3 rings (SSSR count). The van der Waals surface area contributed by atoms with E-state index in [2.05, 4.69) is 11.8 Å². The Morgan fingerprint density at radius 1 is 1.22 bits per heavy atom. The van der Waals surface area contributed by atoms with Crippen LogP contribution >= 0.6 is 11.8 Å². The summed E-state index contributed by atoms with van der Waals surface area (Å²) >= 11 is 2.06. The fourth-order valence-corrected chi connectivity index (χ4v) is 4.08. The molecule has 3 saturated heterocycles. The molecular weight excluding hydrogens is 252 g/mol. The highest BCUT2D eigenvalue weighted by atomic mass is 32.2. The van der Waals surface area contributed by atoms with E-state index in [1.807, 2.05) is 0 Å². The van der Waals surface area contributed by atoms with Crippen LogP contribution in [0.4, 0.5) is 0 Å². The minimum absolute atomic E-state index is 0.0238. The first-order chi connectivity index (χ1) is 8.86. The maximum absolute atomic E-state index is 6.09. The van der Waals surface area contributed by atoms with Gasteiger partial charge in [-0.15, -0.1) is 0 Å². The van der Waals surface area contributed by atoms with Crippen molar-refractivity contribution in [3.8, 4) is 0 Å². The van der Waals surface area contributed by atoms with Crippen LogP contribution in [0.15, 0.2) is 0 Å². The SMILES string of the molecule is CO[C@@H]1C[C@H](OCC2CCSCC2)[C@H]2CO[C@@H]1O2. The predicted octanol–water partition coefficient (Wildman–Crippen LogP) is 1.67. The largest absolute Gasteiger partial charge is 0.376 e. The summed E-state index contributed by atoms with van der Waals surface area (Å²) in [6.07, 6.45) is 3.57. The number of rotatable bonds is 4. The van der Waals surface area contributed by atoms with Gasteiger partial charge in [-0.25, -0.2) is 0 Å². The van der Waals surface area contributed by atoms with Gasteiger partial charge in [0.05, 0.1) is 12.7 Å². The number of thioether (sulfide) groups is 1. The molecule has 3 aliphatic rings. The van der Waals surface area contributed by atoms with E-state index in [1.54, 1.807) is 7.11 Å². The Balaban J connectivity index is 1.49. The Morgan fingerprint density at radius 3 is 2.83 bits per heavy atom. The molecule has 4 nitrogen and oxygen atoms in total. The molecule has 3 fully saturated rings. The normalized spacial score (nSPS) is 41.2. The summed E-state index contributed by atoms with van der Waals surface area (Å²) in [7, 11) is 1.71. The molecule has 0 N–H and O–H groups in total. The van der Waals surface area contributed by atoms with Crippen LogP contribution in [-0.2, 0) is 18.9 Å². The molecule has 5 heteroatoms. The second kappa shape index (κ2) is 6.09. The van der Waals surface area contributed by atoms with Crippen molar-refractivity contribution >= 4 is 11.8 Å². The molecule has 18 heavy (non-hydrogen) atoms. The highest BCUT2D eigenvalue weighted by Crippen LogP contribution is 2.32. The first-order valence-corrected chi connectivity index (χ1v) is 8.01. The van der Waals surface area contributed by atoms with Crippen LogP contribution in [0.5, 0.6) is 0 Å². The Morgan fingerprint density at radius 2 is 2.06 bits per heavy atom. The van der Waals surface area contributed by atoms with Gasteiger partial charge in [-0.2, -0.15) is 11.8 Å². The lowest BCUT2D eigenvalue weighted by Crippen LogP contribution is -2.44. The highest BCUT2D eigenvalue weighted by Gasteiger charge is 2.44. The zero-order chi connectivity index (χ0) is 12.4. The average molecular weight is 274 g/mol. The maximum Gasteiger partial charge on any atom is 0.184 e. The van der Waals surface area contributed by atoms with Crippen LogP contribution in [0.25, 0.3) is 0 Å². The Labute approximate surface area is 113 Å². The average Bonchev–Trinajstić information content (AvgIpc) is 2.84. The fraction of sp³-hybridized carbons (Fsp3) is 1.00. The Hall–Kier alpha value is 0.190. The fourth-order valence-electron chi connectivity index (χ4n) is 2.88. The van der Waals surface area contributed by atoms with Crippen molar-refractivity contribution in [1.29, 1.82) is 0 Å². The molecule has 4 atom stereocenters. The minimum Gasteiger partial charge on any atom is -0.376 e. The van der Waals surface area contributed by atoms with Crippen LogP contribution in [0.3, 0.4) is 0 Å². The van der Waals surface area contributed by atoms with Gasteiger partial charge in [0, 0.05) is 20.1 Å². The molecular formula is C13H22O4S. The third-order valence-electron chi connectivity index (χ3n) is 4.11. The topological polar surface area (TPSA) is 36.9 Å². The van der Waals surface area contributed by atoms with E-state index in [4.69, 9.17) is 18.9 Å². The van der Waals surface area contributed by atoms with Gasteiger partial charge in [0.1, 0.15) is 12.2 Å². The van der Waals surface area contributed by atoms with Crippen molar-refractivity contribution in [2.24, 2.45) is 5.92 Å². The summed E-state index contributed by atoms with van der Waals surface area (Å²) in [5, 5.41) is 0. The second-order valence-corrected chi connectivity index (χ2v) is 6.54. The quantitative estimate of drug-likeness (QED) is 0.779. The van der Waals surface area contributed by atoms with Gasteiger partial charge < -0.3 is 18.9 Å². The zero-order valence-electron chi connectivity index (χ0n) is 10.9. The number of hydrogen-bond acceptors (Lipinski definition) is 5. The van der Waals surface area contributed by atoms with Gasteiger partial charge >= 0.3 is 0 Å². The molecule has 0 aliphatic carbocycles. The number of fused-ring (bicyclic) bond motifs is 2. The first-order valence-electron chi connectivity index (χ1n) is 6.86. The number of ether oxygens (including phenoxy) is 4. The molecule has 2 bridgehead atoms. The molecule has 3 heterocycles. The van der Waals surface area contributed by atoms with Gasteiger partial charge in [0.25, 0.3) is 0 Å². The van der Waals surface area contributed by atoms with Crippen molar-refractivity contribution in [3.05, 3.63) is 0 Å². The van der Waals surface area contributed by atoms with E-state index in [-0.39, 0.29) is 24.6 Å². The van der Waals surface area contributed by atoms with Gasteiger partial charge in [-0.3, -0.25) is 0 Å². The van der Waals surface area contributed by atoms with E-state index >= 15 is 0 Å².